The van der Waals surface area contributed by atoms with Gasteiger partial charge in [-0.15, -0.1) is 0 Å². The lowest BCUT2D eigenvalue weighted by Gasteiger charge is -2.27. The third-order valence-electron chi connectivity index (χ3n) is 2.80. The van der Waals surface area contributed by atoms with Crippen molar-refractivity contribution in [3.8, 4) is 0 Å². The topological polar surface area (TPSA) is 72.8 Å². The van der Waals surface area contributed by atoms with Gasteiger partial charge in [0, 0.05) is 11.8 Å². The maximum Gasteiger partial charge on any atom is 0.209 e. The van der Waals surface area contributed by atoms with E-state index in [1.165, 1.54) is 24.3 Å². The van der Waals surface area contributed by atoms with Crippen molar-refractivity contribution in [2.24, 2.45) is 0 Å². The molecule has 1 aromatic rings. The SMILES string of the molecule is CS(=O)(=O)C[C@@]1(c2ccc(F)cc2)OC[C@@H](CO)O1. The summed E-state index contributed by atoms with van der Waals surface area (Å²) in [7, 11) is -3.38. The predicted octanol–water partition coefficient (Wildman–Crippen LogP) is 0.431. The van der Waals surface area contributed by atoms with Gasteiger partial charge in [0.1, 0.15) is 17.7 Å². The molecule has 1 aliphatic rings. The lowest BCUT2D eigenvalue weighted by atomic mass is 10.1. The molecule has 0 spiro atoms. The van der Waals surface area contributed by atoms with Gasteiger partial charge in [-0.25, -0.2) is 12.8 Å². The normalized spacial score (nSPS) is 27.6. The minimum Gasteiger partial charge on any atom is -0.394 e. The summed E-state index contributed by atoms with van der Waals surface area (Å²) >= 11 is 0. The van der Waals surface area contributed by atoms with Gasteiger partial charge in [-0.3, -0.25) is 0 Å². The molecular weight excluding hydrogens is 275 g/mol. The van der Waals surface area contributed by atoms with Crippen LogP contribution < -0.4 is 0 Å². The van der Waals surface area contributed by atoms with E-state index < -0.39 is 27.5 Å². The number of benzene rings is 1. The second-order valence-electron chi connectivity index (χ2n) is 4.56. The molecule has 0 aliphatic carbocycles. The summed E-state index contributed by atoms with van der Waals surface area (Å²) in [6.45, 7) is -0.184. The fourth-order valence-corrected chi connectivity index (χ4v) is 3.02. The molecule has 106 valence electrons. The summed E-state index contributed by atoms with van der Waals surface area (Å²) in [6.07, 6.45) is 0.476. The maximum absolute atomic E-state index is 12.9. The fourth-order valence-electron chi connectivity index (χ4n) is 2.01. The third-order valence-corrected chi connectivity index (χ3v) is 3.70. The van der Waals surface area contributed by atoms with Crippen LogP contribution >= 0.6 is 0 Å². The largest absolute Gasteiger partial charge is 0.394 e. The maximum atomic E-state index is 12.9. The molecule has 0 saturated carbocycles. The zero-order chi connectivity index (χ0) is 14.1. The van der Waals surface area contributed by atoms with Crippen LogP contribution in [0.25, 0.3) is 0 Å². The highest BCUT2D eigenvalue weighted by Crippen LogP contribution is 2.35. The molecule has 1 fully saturated rings. The lowest BCUT2D eigenvalue weighted by molar-refractivity contribution is -0.162. The van der Waals surface area contributed by atoms with Crippen LogP contribution in [0.1, 0.15) is 5.56 Å². The van der Waals surface area contributed by atoms with Crippen LogP contribution in [0.3, 0.4) is 0 Å². The Labute approximate surface area is 110 Å². The molecule has 0 unspecified atom stereocenters. The van der Waals surface area contributed by atoms with Crippen LogP contribution in [0.5, 0.6) is 0 Å². The Morgan fingerprint density at radius 2 is 2.05 bits per heavy atom. The number of ether oxygens (including phenoxy) is 2. The van der Waals surface area contributed by atoms with Crippen molar-refractivity contribution in [2.75, 3.05) is 25.2 Å². The molecule has 1 aromatic carbocycles. The summed E-state index contributed by atoms with van der Waals surface area (Å²) in [5.41, 5.74) is 0.412. The van der Waals surface area contributed by atoms with Gasteiger partial charge in [-0.05, 0) is 12.1 Å². The van der Waals surface area contributed by atoms with Crippen LogP contribution in [0, 0.1) is 5.82 Å². The van der Waals surface area contributed by atoms with Crippen molar-refractivity contribution in [1.29, 1.82) is 0 Å². The zero-order valence-corrected chi connectivity index (χ0v) is 11.2. The van der Waals surface area contributed by atoms with E-state index in [0.29, 0.717) is 5.56 Å². The Bertz CT molecular complexity index is 542. The molecule has 2 atom stereocenters. The van der Waals surface area contributed by atoms with Crippen LogP contribution in [0.2, 0.25) is 0 Å². The number of rotatable bonds is 4. The molecule has 1 saturated heterocycles. The van der Waals surface area contributed by atoms with Crippen molar-refractivity contribution in [2.45, 2.75) is 11.9 Å². The molecule has 0 radical (unpaired) electrons. The average molecular weight is 290 g/mol. The molecule has 19 heavy (non-hydrogen) atoms. The second kappa shape index (κ2) is 5.16. The van der Waals surface area contributed by atoms with Gasteiger partial charge in [0.25, 0.3) is 0 Å². The highest BCUT2D eigenvalue weighted by atomic mass is 32.2. The molecule has 1 aliphatic heterocycles. The van der Waals surface area contributed by atoms with E-state index in [-0.39, 0.29) is 19.0 Å². The first-order chi connectivity index (χ1) is 8.85. The Balaban J connectivity index is 2.37. The highest BCUT2D eigenvalue weighted by molar-refractivity contribution is 7.90. The third kappa shape index (κ3) is 3.30. The number of sulfone groups is 1. The molecule has 2 rings (SSSR count). The van der Waals surface area contributed by atoms with Crippen molar-refractivity contribution in [3.63, 3.8) is 0 Å². The Kier molecular flexibility index (Phi) is 3.91. The molecular formula is C12H15FO5S. The summed E-state index contributed by atoms with van der Waals surface area (Å²) in [6, 6.07) is 5.25. The summed E-state index contributed by atoms with van der Waals surface area (Å²) in [4.78, 5) is 0. The molecule has 1 N–H and O–H groups in total. The Morgan fingerprint density at radius 3 is 2.53 bits per heavy atom. The van der Waals surface area contributed by atoms with Gasteiger partial charge >= 0.3 is 0 Å². The quantitative estimate of drug-likeness (QED) is 0.870. The smallest absolute Gasteiger partial charge is 0.209 e. The summed E-state index contributed by atoms with van der Waals surface area (Å²) < 4.78 is 47.0. The van der Waals surface area contributed by atoms with Gasteiger partial charge in [0.2, 0.25) is 5.79 Å². The van der Waals surface area contributed by atoms with Gasteiger partial charge in [0.15, 0.2) is 9.84 Å². The van der Waals surface area contributed by atoms with E-state index in [9.17, 15) is 12.8 Å². The number of aliphatic hydroxyl groups is 1. The van der Waals surface area contributed by atoms with Crippen LogP contribution in [0.4, 0.5) is 4.39 Å². The predicted molar refractivity (Wildman–Crippen MR) is 65.7 cm³/mol. The molecule has 1 heterocycles. The molecule has 0 bridgehead atoms. The molecule has 5 nitrogen and oxygen atoms in total. The monoisotopic (exact) mass is 290 g/mol. The van der Waals surface area contributed by atoms with Crippen LogP contribution in [-0.4, -0.2) is 44.9 Å². The van der Waals surface area contributed by atoms with Crippen molar-refractivity contribution in [3.05, 3.63) is 35.6 Å². The van der Waals surface area contributed by atoms with E-state index in [1.807, 2.05) is 0 Å². The first-order valence-corrected chi connectivity index (χ1v) is 7.77. The van der Waals surface area contributed by atoms with Gasteiger partial charge in [-0.2, -0.15) is 0 Å². The van der Waals surface area contributed by atoms with E-state index >= 15 is 0 Å². The highest BCUT2D eigenvalue weighted by Gasteiger charge is 2.45. The standard InChI is InChI=1S/C12H15FO5S/c1-19(15,16)8-12(17-7-11(6-14)18-12)9-2-4-10(13)5-3-9/h2-5,11,14H,6-8H2,1H3/t11-,12-/m1/s1. The number of hydrogen-bond donors (Lipinski definition) is 1. The molecule has 0 amide bonds. The van der Waals surface area contributed by atoms with Crippen molar-refractivity contribution in [1.82, 2.24) is 0 Å². The van der Waals surface area contributed by atoms with Gasteiger partial charge in [-0.1, -0.05) is 12.1 Å². The molecule has 0 aromatic heterocycles. The first kappa shape index (κ1) is 14.4. The number of halogens is 1. The average Bonchev–Trinajstić information content (AvgIpc) is 2.72. The zero-order valence-electron chi connectivity index (χ0n) is 10.4. The van der Waals surface area contributed by atoms with E-state index in [1.54, 1.807) is 0 Å². The minimum atomic E-state index is -3.38. The van der Waals surface area contributed by atoms with E-state index in [2.05, 4.69) is 0 Å². The first-order valence-electron chi connectivity index (χ1n) is 5.71. The van der Waals surface area contributed by atoms with Crippen LogP contribution in [-0.2, 0) is 25.1 Å². The van der Waals surface area contributed by atoms with Crippen molar-refractivity contribution >= 4 is 9.84 Å². The van der Waals surface area contributed by atoms with Gasteiger partial charge < -0.3 is 14.6 Å². The van der Waals surface area contributed by atoms with Gasteiger partial charge in [0.05, 0.1) is 13.2 Å². The number of aliphatic hydroxyl groups excluding tert-OH is 1. The Morgan fingerprint density at radius 1 is 1.42 bits per heavy atom. The second-order valence-corrected chi connectivity index (χ2v) is 6.70. The summed E-state index contributed by atoms with van der Waals surface area (Å²) in [5, 5.41) is 9.07. The van der Waals surface area contributed by atoms with E-state index in [0.717, 1.165) is 6.26 Å². The Hall–Kier alpha value is -1.02. The molecule has 7 heteroatoms. The summed E-state index contributed by atoms with van der Waals surface area (Å²) in [5.74, 6) is -2.30. The fraction of sp³-hybridized carbons (Fsp3) is 0.500. The minimum absolute atomic E-state index is 0.0867. The van der Waals surface area contributed by atoms with E-state index in [4.69, 9.17) is 14.6 Å². The number of hydrogen-bond acceptors (Lipinski definition) is 5. The van der Waals surface area contributed by atoms with Crippen LogP contribution in [0.15, 0.2) is 24.3 Å². The van der Waals surface area contributed by atoms with Crippen molar-refractivity contribution < 1.29 is 27.4 Å². The lowest BCUT2D eigenvalue weighted by Crippen LogP contribution is -2.36.